The van der Waals surface area contributed by atoms with Gasteiger partial charge in [0, 0.05) is 18.2 Å². The van der Waals surface area contributed by atoms with Crippen LogP contribution in [0, 0.1) is 0 Å². The molecule has 2 aromatic rings. The third-order valence-electron chi connectivity index (χ3n) is 4.01. The summed E-state index contributed by atoms with van der Waals surface area (Å²) in [6.07, 6.45) is -1.99. The summed E-state index contributed by atoms with van der Waals surface area (Å²) in [5.74, 6) is -0.471. The first-order valence-corrected chi connectivity index (χ1v) is 9.51. The van der Waals surface area contributed by atoms with Crippen molar-refractivity contribution in [1.82, 2.24) is 14.9 Å². The Morgan fingerprint density at radius 2 is 2.04 bits per heavy atom. The zero-order valence-corrected chi connectivity index (χ0v) is 14.4. The summed E-state index contributed by atoms with van der Waals surface area (Å²) in [6.45, 7) is -1.32. The molecule has 1 N–H and O–H groups in total. The van der Waals surface area contributed by atoms with Crippen molar-refractivity contribution in [2.24, 2.45) is 0 Å². The lowest BCUT2D eigenvalue weighted by molar-refractivity contribution is -0.157. The van der Waals surface area contributed by atoms with E-state index in [9.17, 15) is 26.4 Å². The summed E-state index contributed by atoms with van der Waals surface area (Å²) < 4.78 is 61.0. The highest BCUT2D eigenvalue weighted by atomic mass is 32.2. The molecule has 1 aromatic heterocycles. The lowest BCUT2D eigenvalue weighted by Gasteiger charge is -2.19. The summed E-state index contributed by atoms with van der Waals surface area (Å²) in [5, 5.41) is 3.20. The lowest BCUT2D eigenvalue weighted by Crippen LogP contribution is -2.39. The summed E-state index contributed by atoms with van der Waals surface area (Å²) >= 11 is 0. The number of sulfone groups is 1. The number of rotatable bonds is 4. The van der Waals surface area contributed by atoms with E-state index >= 15 is 0 Å². The van der Waals surface area contributed by atoms with Crippen molar-refractivity contribution >= 4 is 32.5 Å². The molecule has 26 heavy (non-hydrogen) atoms. The fourth-order valence-electron chi connectivity index (χ4n) is 2.79. The van der Waals surface area contributed by atoms with Crippen molar-refractivity contribution in [1.29, 1.82) is 0 Å². The maximum Gasteiger partial charge on any atom is 0.406 e. The highest BCUT2D eigenvalue weighted by Crippen LogP contribution is 2.26. The normalized spacial score (nSPS) is 18.5. The molecule has 140 valence electrons. The van der Waals surface area contributed by atoms with E-state index in [2.05, 4.69) is 15.3 Å². The van der Waals surface area contributed by atoms with E-state index in [-0.39, 0.29) is 23.7 Å². The largest absolute Gasteiger partial charge is 0.406 e. The zero-order valence-electron chi connectivity index (χ0n) is 13.6. The van der Waals surface area contributed by atoms with Gasteiger partial charge in [-0.1, -0.05) is 0 Å². The Labute approximate surface area is 147 Å². The number of hydrogen-bond donors (Lipinski definition) is 1. The molecule has 1 fully saturated rings. The first-order chi connectivity index (χ1) is 12.0. The second-order valence-electron chi connectivity index (χ2n) is 6.03. The molecule has 1 unspecified atom stereocenters. The van der Waals surface area contributed by atoms with Gasteiger partial charge < -0.3 is 10.2 Å². The highest BCUT2D eigenvalue weighted by Gasteiger charge is 2.39. The van der Waals surface area contributed by atoms with Crippen molar-refractivity contribution < 1.29 is 26.4 Å². The van der Waals surface area contributed by atoms with E-state index in [0.717, 1.165) is 11.2 Å². The third kappa shape index (κ3) is 3.87. The van der Waals surface area contributed by atoms with Gasteiger partial charge in [0.2, 0.25) is 5.91 Å². The van der Waals surface area contributed by atoms with Crippen LogP contribution in [0.25, 0.3) is 10.9 Å². The number of carbonyl (C=O) groups is 1. The van der Waals surface area contributed by atoms with Gasteiger partial charge in [0.05, 0.1) is 10.4 Å². The molecule has 1 atom stereocenters. The molecule has 11 heteroatoms. The Hall–Kier alpha value is -2.43. The Balaban J connectivity index is 1.88. The average Bonchev–Trinajstić information content (AvgIpc) is 2.85. The minimum atomic E-state index is -4.46. The lowest BCUT2D eigenvalue weighted by atomic mass is 10.2. The quantitative estimate of drug-likeness (QED) is 0.856. The molecule has 7 nitrogen and oxygen atoms in total. The van der Waals surface area contributed by atoms with Crippen LogP contribution in [-0.4, -0.2) is 60.8 Å². The molecule has 3 rings (SSSR count). The molecule has 0 saturated carbocycles. The van der Waals surface area contributed by atoms with Gasteiger partial charge >= 0.3 is 6.18 Å². The number of carbonyl (C=O) groups excluding carboxylic acids is 1. The first-order valence-electron chi connectivity index (χ1n) is 7.61. The molecular weight excluding hydrogens is 373 g/mol. The zero-order chi connectivity index (χ0) is 19.1. The van der Waals surface area contributed by atoms with Crippen LogP contribution in [0.2, 0.25) is 0 Å². The number of likely N-dealkylation sites (tertiary alicyclic amines) is 1. The third-order valence-corrected chi connectivity index (χ3v) is 5.12. The molecular formula is C15H15F3N4O3S. The van der Waals surface area contributed by atoms with Gasteiger partial charge in [-0.2, -0.15) is 13.2 Å². The fraction of sp³-hybridized carbons (Fsp3) is 0.400. The number of anilines is 1. The monoisotopic (exact) mass is 388 g/mol. The van der Waals surface area contributed by atoms with Crippen molar-refractivity contribution in [3.8, 4) is 0 Å². The number of aromatic nitrogens is 2. The molecule has 1 saturated heterocycles. The van der Waals surface area contributed by atoms with Crippen molar-refractivity contribution in [2.75, 3.05) is 24.7 Å². The number of halogens is 3. The van der Waals surface area contributed by atoms with Crippen LogP contribution in [0.3, 0.4) is 0 Å². The Morgan fingerprint density at radius 3 is 2.69 bits per heavy atom. The van der Waals surface area contributed by atoms with E-state index in [1.54, 1.807) is 0 Å². The van der Waals surface area contributed by atoms with Crippen LogP contribution in [0.4, 0.5) is 19.0 Å². The minimum absolute atomic E-state index is 0.0202. The molecule has 0 radical (unpaired) electrons. The van der Waals surface area contributed by atoms with Gasteiger partial charge in [-0.15, -0.1) is 0 Å². The van der Waals surface area contributed by atoms with E-state index in [1.165, 1.54) is 24.5 Å². The Bertz CT molecular complexity index is 962. The average molecular weight is 388 g/mol. The van der Waals surface area contributed by atoms with Crippen LogP contribution >= 0.6 is 0 Å². The smallest absolute Gasteiger partial charge is 0.358 e. The van der Waals surface area contributed by atoms with Crippen LogP contribution < -0.4 is 5.32 Å². The van der Waals surface area contributed by atoms with Crippen molar-refractivity contribution in [3.63, 3.8) is 0 Å². The molecule has 1 aromatic carbocycles. The van der Waals surface area contributed by atoms with Crippen LogP contribution in [0.15, 0.2) is 29.4 Å². The number of nitrogens with zero attached hydrogens (tertiary/aromatic N) is 3. The topological polar surface area (TPSA) is 92.3 Å². The van der Waals surface area contributed by atoms with Gasteiger partial charge in [-0.25, -0.2) is 18.4 Å². The molecule has 2 heterocycles. The summed E-state index contributed by atoms with van der Waals surface area (Å²) in [4.78, 5) is 21.0. The second-order valence-corrected chi connectivity index (χ2v) is 8.05. The Morgan fingerprint density at radius 1 is 1.31 bits per heavy atom. The minimum Gasteiger partial charge on any atom is -0.358 e. The fourth-order valence-corrected chi connectivity index (χ4v) is 3.44. The number of alkyl halides is 3. The van der Waals surface area contributed by atoms with E-state index in [1.807, 2.05) is 0 Å². The van der Waals surface area contributed by atoms with Gasteiger partial charge in [0.25, 0.3) is 0 Å². The molecule has 1 amide bonds. The molecule has 1 aliphatic rings. The van der Waals surface area contributed by atoms with Gasteiger partial charge in [-0.3, -0.25) is 4.79 Å². The number of fused-ring (bicyclic) bond motifs is 1. The second kappa shape index (κ2) is 6.38. The van der Waals surface area contributed by atoms with Crippen LogP contribution in [0.5, 0.6) is 0 Å². The number of hydrogen-bond acceptors (Lipinski definition) is 6. The Kier molecular flexibility index (Phi) is 4.51. The summed E-state index contributed by atoms with van der Waals surface area (Å²) in [5.41, 5.74) is 0.451. The maximum absolute atomic E-state index is 12.5. The predicted octanol–water partition coefficient (Wildman–Crippen LogP) is 1.61. The number of nitrogens with one attached hydrogen (secondary N) is 1. The SMILES string of the molecule is CS(=O)(=O)c1ccc2ncnc(NC3CCN(CC(F)(F)F)C3=O)c2c1. The van der Waals surface area contributed by atoms with Gasteiger partial charge in [0.15, 0.2) is 9.84 Å². The summed E-state index contributed by atoms with van der Waals surface area (Å²) in [6, 6.07) is 3.42. The first kappa shape index (κ1) is 18.4. The molecule has 1 aliphatic heterocycles. The van der Waals surface area contributed by atoms with E-state index < -0.39 is 34.5 Å². The van der Waals surface area contributed by atoms with Crippen molar-refractivity contribution in [3.05, 3.63) is 24.5 Å². The van der Waals surface area contributed by atoms with E-state index in [4.69, 9.17) is 0 Å². The standard InChI is InChI=1S/C15H15F3N4O3S/c1-26(24,25)9-2-3-11-10(6-9)13(20-8-19-11)21-12-4-5-22(14(12)23)7-15(16,17)18/h2-3,6,8,12H,4-5,7H2,1H3,(H,19,20,21). The van der Waals surface area contributed by atoms with Gasteiger partial charge in [-0.05, 0) is 24.6 Å². The number of benzene rings is 1. The highest BCUT2D eigenvalue weighted by molar-refractivity contribution is 7.90. The maximum atomic E-state index is 12.5. The van der Waals surface area contributed by atoms with Gasteiger partial charge in [0.1, 0.15) is 24.7 Å². The molecule has 0 aliphatic carbocycles. The van der Waals surface area contributed by atoms with E-state index in [0.29, 0.717) is 10.9 Å². The van der Waals surface area contributed by atoms with Crippen LogP contribution in [-0.2, 0) is 14.6 Å². The number of amides is 1. The molecule has 0 spiro atoms. The van der Waals surface area contributed by atoms with Crippen LogP contribution in [0.1, 0.15) is 6.42 Å². The summed E-state index contributed by atoms with van der Waals surface area (Å²) in [7, 11) is -3.46. The molecule has 0 bridgehead atoms. The van der Waals surface area contributed by atoms with Crippen molar-refractivity contribution in [2.45, 2.75) is 23.5 Å². The predicted molar refractivity (Wildman–Crippen MR) is 87.3 cm³/mol.